The highest BCUT2D eigenvalue weighted by Crippen LogP contribution is 2.30. The first-order valence-corrected chi connectivity index (χ1v) is 7.01. The fourth-order valence-electron chi connectivity index (χ4n) is 2.94. The van der Waals surface area contributed by atoms with Gasteiger partial charge in [0.05, 0.1) is 23.2 Å². The third kappa shape index (κ3) is 1.75. The molecule has 1 N–H and O–H groups in total. The van der Waals surface area contributed by atoms with E-state index in [1.807, 2.05) is 6.07 Å². The molecule has 0 unspecified atom stereocenters. The predicted molar refractivity (Wildman–Crippen MR) is 79.6 cm³/mol. The topological polar surface area (TPSA) is 66.5 Å². The van der Waals surface area contributed by atoms with Gasteiger partial charge in [0, 0.05) is 6.54 Å². The van der Waals surface area contributed by atoms with Crippen molar-refractivity contribution in [3.8, 4) is 0 Å². The summed E-state index contributed by atoms with van der Waals surface area (Å²) >= 11 is 0. The van der Waals surface area contributed by atoms with E-state index in [1.165, 1.54) is 4.90 Å². The Bertz CT molecular complexity index is 807. The molecule has 2 aromatic rings. The Kier molecular flexibility index (Phi) is 2.63. The number of carbonyl (C=O) groups is 3. The quantitative estimate of drug-likeness (QED) is 0.813. The van der Waals surface area contributed by atoms with Gasteiger partial charge in [-0.2, -0.15) is 0 Å². The Morgan fingerprint density at radius 2 is 1.55 bits per heavy atom. The van der Waals surface area contributed by atoms with Crippen LogP contribution in [0.5, 0.6) is 0 Å². The molecule has 0 radical (unpaired) electrons. The molecule has 5 nitrogen and oxygen atoms in total. The molecule has 0 aliphatic carbocycles. The van der Waals surface area contributed by atoms with E-state index in [9.17, 15) is 14.4 Å². The van der Waals surface area contributed by atoms with Crippen LogP contribution in [0.1, 0.15) is 31.8 Å². The van der Waals surface area contributed by atoms with Crippen LogP contribution >= 0.6 is 0 Å². The molecule has 0 spiro atoms. The number of hydrogen-bond donors (Lipinski definition) is 1. The average Bonchev–Trinajstić information content (AvgIpc) is 2.79. The lowest BCUT2D eigenvalue weighted by atomic mass is 9.99. The highest BCUT2D eigenvalue weighted by Gasteiger charge is 2.36. The van der Waals surface area contributed by atoms with E-state index >= 15 is 0 Å². The largest absolute Gasteiger partial charge is 0.352 e. The molecule has 0 aromatic heterocycles. The predicted octanol–water partition coefficient (Wildman–Crippen LogP) is 1.66. The zero-order chi connectivity index (χ0) is 15.3. The van der Waals surface area contributed by atoms with Crippen molar-refractivity contribution in [2.24, 2.45) is 0 Å². The molecule has 3 amide bonds. The van der Waals surface area contributed by atoms with Gasteiger partial charge in [-0.15, -0.1) is 0 Å². The van der Waals surface area contributed by atoms with E-state index in [0.717, 1.165) is 11.1 Å². The number of hydrogen-bond acceptors (Lipinski definition) is 3. The van der Waals surface area contributed by atoms with Crippen LogP contribution in [0, 0.1) is 0 Å². The Labute approximate surface area is 126 Å². The maximum absolute atomic E-state index is 12.5. The van der Waals surface area contributed by atoms with Crippen molar-refractivity contribution < 1.29 is 14.4 Å². The monoisotopic (exact) mass is 292 g/mol. The van der Waals surface area contributed by atoms with Gasteiger partial charge in [-0.05, 0) is 35.4 Å². The Morgan fingerprint density at radius 3 is 2.23 bits per heavy atom. The van der Waals surface area contributed by atoms with E-state index in [2.05, 4.69) is 5.32 Å². The fraction of sp³-hybridized carbons (Fsp3) is 0.118. The first kappa shape index (κ1) is 12.8. The lowest BCUT2D eigenvalue weighted by Crippen LogP contribution is -2.32. The van der Waals surface area contributed by atoms with E-state index in [4.69, 9.17) is 0 Å². The molecular weight excluding hydrogens is 280 g/mol. The molecule has 2 heterocycles. The number of carbonyl (C=O) groups excluding carboxylic acids is 3. The van der Waals surface area contributed by atoms with E-state index in [0.29, 0.717) is 29.8 Å². The maximum Gasteiger partial charge on any atom is 0.266 e. The van der Waals surface area contributed by atoms with Crippen LogP contribution in [-0.4, -0.2) is 17.7 Å². The molecule has 5 heteroatoms. The molecule has 2 aliphatic rings. The summed E-state index contributed by atoms with van der Waals surface area (Å²) in [6.45, 7) is 0.422. The van der Waals surface area contributed by atoms with Crippen molar-refractivity contribution >= 4 is 23.4 Å². The summed E-state index contributed by atoms with van der Waals surface area (Å²) < 4.78 is 0. The van der Waals surface area contributed by atoms with E-state index < -0.39 is 0 Å². The summed E-state index contributed by atoms with van der Waals surface area (Å²) in [5, 5.41) is 2.77. The van der Waals surface area contributed by atoms with Gasteiger partial charge in [-0.25, -0.2) is 4.90 Å². The SMILES string of the molecule is O=C1Cc2ccc(N3C(=O)c4ccccc4C3=O)cc2CN1. The second kappa shape index (κ2) is 4.53. The van der Waals surface area contributed by atoms with Crippen molar-refractivity contribution in [3.05, 3.63) is 64.7 Å². The standard InChI is InChI=1S/C17H12N2O3/c20-15-8-10-5-6-12(7-11(10)9-18-15)19-16(21)13-3-1-2-4-14(13)17(19)22/h1-7H,8-9H2,(H,18,20). The van der Waals surface area contributed by atoms with Crippen LogP contribution in [0.3, 0.4) is 0 Å². The molecule has 0 saturated carbocycles. The molecule has 2 aliphatic heterocycles. The van der Waals surface area contributed by atoms with Crippen LogP contribution in [-0.2, 0) is 17.8 Å². The normalized spacial score (nSPS) is 16.4. The minimum atomic E-state index is -0.305. The third-order valence-corrected chi connectivity index (χ3v) is 4.07. The van der Waals surface area contributed by atoms with Gasteiger partial charge in [0.2, 0.25) is 5.91 Å². The zero-order valence-corrected chi connectivity index (χ0v) is 11.6. The number of imide groups is 1. The number of benzene rings is 2. The van der Waals surface area contributed by atoms with Gasteiger partial charge in [-0.1, -0.05) is 18.2 Å². The lowest BCUT2D eigenvalue weighted by Gasteiger charge is -2.20. The van der Waals surface area contributed by atoms with Gasteiger partial charge in [0.15, 0.2) is 0 Å². The van der Waals surface area contributed by atoms with Gasteiger partial charge >= 0.3 is 0 Å². The maximum atomic E-state index is 12.5. The molecule has 2 aromatic carbocycles. The zero-order valence-electron chi connectivity index (χ0n) is 11.6. The van der Waals surface area contributed by atoms with Gasteiger partial charge in [0.25, 0.3) is 11.8 Å². The number of rotatable bonds is 1. The molecular formula is C17H12N2O3. The molecule has 22 heavy (non-hydrogen) atoms. The summed E-state index contributed by atoms with van der Waals surface area (Å²) in [6, 6.07) is 12.1. The number of nitrogens with zero attached hydrogens (tertiary/aromatic N) is 1. The van der Waals surface area contributed by atoms with Crippen molar-refractivity contribution in [1.82, 2.24) is 5.32 Å². The Morgan fingerprint density at radius 1 is 0.864 bits per heavy atom. The highest BCUT2D eigenvalue weighted by molar-refractivity contribution is 6.34. The Balaban J connectivity index is 1.76. The van der Waals surface area contributed by atoms with Crippen molar-refractivity contribution in [3.63, 3.8) is 0 Å². The minimum Gasteiger partial charge on any atom is -0.352 e. The van der Waals surface area contributed by atoms with Gasteiger partial charge in [-0.3, -0.25) is 14.4 Å². The molecule has 0 bridgehead atoms. The van der Waals surface area contributed by atoms with E-state index in [-0.39, 0.29) is 17.7 Å². The van der Waals surface area contributed by atoms with Crippen LogP contribution < -0.4 is 10.2 Å². The smallest absolute Gasteiger partial charge is 0.266 e. The van der Waals surface area contributed by atoms with Crippen LogP contribution in [0.2, 0.25) is 0 Å². The number of fused-ring (bicyclic) bond motifs is 2. The summed E-state index contributed by atoms with van der Waals surface area (Å²) in [5.74, 6) is -0.623. The van der Waals surface area contributed by atoms with Crippen LogP contribution in [0.25, 0.3) is 0 Å². The van der Waals surface area contributed by atoms with Gasteiger partial charge in [0.1, 0.15) is 0 Å². The number of anilines is 1. The summed E-state index contributed by atoms with van der Waals surface area (Å²) in [4.78, 5) is 37.5. The van der Waals surface area contributed by atoms with Gasteiger partial charge < -0.3 is 5.32 Å². The highest BCUT2D eigenvalue weighted by atomic mass is 16.2. The number of nitrogens with one attached hydrogen (secondary N) is 1. The molecule has 0 saturated heterocycles. The van der Waals surface area contributed by atoms with Crippen LogP contribution in [0.15, 0.2) is 42.5 Å². The fourth-order valence-corrected chi connectivity index (χ4v) is 2.94. The van der Waals surface area contributed by atoms with Crippen molar-refractivity contribution in [2.75, 3.05) is 4.90 Å². The van der Waals surface area contributed by atoms with Crippen molar-refractivity contribution in [2.45, 2.75) is 13.0 Å². The average molecular weight is 292 g/mol. The first-order valence-electron chi connectivity index (χ1n) is 7.01. The molecule has 0 atom stereocenters. The van der Waals surface area contributed by atoms with Crippen LogP contribution in [0.4, 0.5) is 5.69 Å². The molecule has 4 rings (SSSR count). The Hall–Kier alpha value is -2.95. The lowest BCUT2D eigenvalue weighted by molar-refractivity contribution is -0.121. The first-order chi connectivity index (χ1) is 10.6. The third-order valence-electron chi connectivity index (χ3n) is 4.07. The summed E-state index contributed by atoms with van der Waals surface area (Å²) in [6.07, 6.45) is 0.331. The number of amides is 3. The molecule has 0 fully saturated rings. The summed E-state index contributed by atoms with van der Waals surface area (Å²) in [7, 11) is 0. The van der Waals surface area contributed by atoms with E-state index in [1.54, 1.807) is 36.4 Å². The summed E-state index contributed by atoms with van der Waals surface area (Å²) in [5.41, 5.74) is 3.27. The molecule has 108 valence electrons. The second-order valence-corrected chi connectivity index (χ2v) is 5.40. The van der Waals surface area contributed by atoms with Crippen molar-refractivity contribution in [1.29, 1.82) is 0 Å². The minimum absolute atomic E-state index is 0.0130. The second-order valence-electron chi connectivity index (χ2n) is 5.40.